The fourth-order valence-corrected chi connectivity index (χ4v) is 5.32. The van der Waals surface area contributed by atoms with Gasteiger partial charge in [0.05, 0.1) is 10.9 Å². The van der Waals surface area contributed by atoms with Gasteiger partial charge in [0.25, 0.3) is 0 Å². The third kappa shape index (κ3) is 3.34. The molecule has 3 rings (SSSR count). The highest BCUT2D eigenvalue weighted by Crippen LogP contribution is 2.43. The molecule has 1 aliphatic heterocycles. The lowest BCUT2D eigenvalue weighted by molar-refractivity contribution is -0.124. The molecule has 11 heteroatoms. The predicted octanol–water partition coefficient (Wildman–Crippen LogP) is 2.28. The van der Waals surface area contributed by atoms with Gasteiger partial charge in [-0.1, -0.05) is 12.2 Å². The topological polar surface area (TPSA) is 116 Å². The molecule has 0 bridgehead atoms. The second-order valence-electron chi connectivity index (χ2n) is 6.85. The van der Waals surface area contributed by atoms with Gasteiger partial charge < -0.3 is 10.4 Å². The Morgan fingerprint density at radius 2 is 2.11 bits per heavy atom. The summed E-state index contributed by atoms with van der Waals surface area (Å²) in [7, 11) is -3.82. The van der Waals surface area contributed by atoms with Gasteiger partial charge >= 0.3 is 6.09 Å². The second-order valence-corrected chi connectivity index (χ2v) is 9.89. The van der Waals surface area contributed by atoms with Crippen LogP contribution in [-0.2, 0) is 14.8 Å². The van der Waals surface area contributed by atoms with Crippen molar-refractivity contribution in [3.63, 3.8) is 0 Å². The molecule has 8 nitrogen and oxygen atoms in total. The molecule has 1 amide bonds. The van der Waals surface area contributed by atoms with Gasteiger partial charge in [-0.2, -0.15) is 0 Å². The maximum atomic E-state index is 15.7. The fraction of sp³-hybridized carbons (Fsp3) is 0.412. The largest absolute Gasteiger partial charge is 0.465 e. The number of nitrogens with zero attached hydrogens (tertiary/aromatic N) is 1. The molecule has 1 unspecified atom stereocenters. The normalized spacial score (nSPS) is 25.4. The van der Waals surface area contributed by atoms with Gasteiger partial charge in [0.1, 0.15) is 5.82 Å². The Bertz CT molecular complexity index is 981. The molecule has 0 aromatic rings. The molecule has 3 N–H and O–H groups in total. The molecule has 3 aliphatic rings. The third-order valence-corrected chi connectivity index (χ3v) is 8.04. The Morgan fingerprint density at radius 3 is 2.61 bits per heavy atom. The van der Waals surface area contributed by atoms with E-state index in [1.807, 2.05) is 0 Å². The molecule has 0 radical (unpaired) electrons. The van der Waals surface area contributed by atoms with Crippen LogP contribution in [0.15, 0.2) is 44.7 Å². The van der Waals surface area contributed by atoms with E-state index in [-0.39, 0.29) is 20.7 Å². The molecule has 0 aromatic heterocycles. The van der Waals surface area contributed by atoms with Crippen molar-refractivity contribution in [1.29, 1.82) is 0 Å². The number of Topliss-reactive ketones (excluding diaryl/α,β-unsaturated/α-hetero) is 1. The van der Waals surface area contributed by atoms with Crippen molar-refractivity contribution in [1.82, 2.24) is 14.9 Å². The van der Waals surface area contributed by atoms with Crippen molar-refractivity contribution in [2.75, 3.05) is 6.54 Å². The number of nitrogens with one attached hydrogen (secondary N) is 2. The van der Waals surface area contributed by atoms with E-state index in [2.05, 4.69) is 10.0 Å². The summed E-state index contributed by atoms with van der Waals surface area (Å²) in [5.41, 5.74) is -2.56. The maximum absolute atomic E-state index is 15.7. The highest BCUT2D eigenvalue weighted by molar-refractivity contribution is 14.1. The number of carbonyl (C=O) groups is 2. The van der Waals surface area contributed by atoms with Crippen molar-refractivity contribution in [3.8, 4) is 0 Å². The van der Waals surface area contributed by atoms with Gasteiger partial charge in [-0.25, -0.2) is 22.5 Å². The number of carboxylic acid groups (broad SMARTS) is 1. The Balaban J connectivity index is 2.16. The minimum Gasteiger partial charge on any atom is -0.465 e. The summed E-state index contributed by atoms with van der Waals surface area (Å²) in [5, 5.41) is 12.0. The Kier molecular flexibility index (Phi) is 5.34. The van der Waals surface area contributed by atoms with Gasteiger partial charge in [0, 0.05) is 15.7 Å². The number of halogens is 2. The highest BCUT2D eigenvalue weighted by atomic mass is 127. The molecule has 1 saturated carbocycles. The molecule has 1 atom stereocenters. The molecule has 1 fully saturated rings. The fourth-order valence-electron chi connectivity index (χ4n) is 3.12. The monoisotopic (exact) mass is 523 g/mol. The molecule has 2 aliphatic carbocycles. The summed E-state index contributed by atoms with van der Waals surface area (Å²) in [4.78, 5) is 25.6. The number of carbonyl (C=O) groups excluding carboxylic acids is 1. The number of hydrogen-bond acceptors (Lipinski definition) is 5. The van der Waals surface area contributed by atoms with Gasteiger partial charge in [-0.3, -0.25) is 9.52 Å². The minimum absolute atomic E-state index is 0.0232. The van der Waals surface area contributed by atoms with E-state index >= 15 is 4.39 Å². The van der Waals surface area contributed by atoms with E-state index in [1.54, 1.807) is 34.7 Å². The third-order valence-electron chi connectivity index (χ3n) is 4.86. The second kappa shape index (κ2) is 7.17. The molecule has 1 heterocycles. The molecule has 0 spiro atoms. The first-order valence-electron chi connectivity index (χ1n) is 8.49. The molecule has 152 valence electrons. The van der Waals surface area contributed by atoms with Crippen LogP contribution in [0.25, 0.3) is 0 Å². The van der Waals surface area contributed by atoms with Gasteiger partial charge in [-0.15, -0.1) is 0 Å². The van der Waals surface area contributed by atoms with Crippen molar-refractivity contribution < 1.29 is 27.5 Å². The van der Waals surface area contributed by atoms with Gasteiger partial charge in [0.15, 0.2) is 17.1 Å². The summed E-state index contributed by atoms with van der Waals surface area (Å²) in [6, 6.07) is 0. The van der Waals surface area contributed by atoms with Crippen LogP contribution in [0.2, 0.25) is 0 Å². The molecule has 0 saturated heterocycles. The molecular formula is C17H19FIN3O5S. The lowest BCUT2D eigenvalue weighted by atomic mass is 9.83. The zero-order valence-electron chi connectivity index (χ0n) is 15.1. The number of dihydropyridines is 1. The smallest absolute Gasteiger partial charge is 0.414 e. The Morgan fingerprint density at radius 1 is 1.46 bits per heavy atom. The Hall–Kier alpha value is -1.89. The van der Waals surface area contributed by atoms with Crippen molar-refractivity contribution >= 4 is 44.5 Å². The standard InChI is InChI=1S/C17H19FIN3O5S/c1-9-12(19)13(21-28(26,27)10-6-7-10)14(18)17(2,15(9)23)22(16(24)25)11-5-3-4-8-20-11/h3-5,10,20-21H,6-8H2,1-2H3,(H,24,25). The van der Waals surface area contributed by atoms with Crippen LogP contribution < -0.4 is 10.0 Å². The van der Waals surface area contributed by atoms with E-state index in [1.165, 1.54) is 13.0 Å². The van der Waals surface area contributed by atoms with Crippen LogP contribution >= 0.6 is 22.6 Å². The molecule has 28 heavy (non-hydrogen) atoms. The first kappa shape index (κ1) is 20.8. The van der Waals surface area contributed by atoms with Gasteiger partial charge in [-0.05, 0) is 55.4 Å². The van der Waals surface area contributed by atoms with E-state index in [4.69, 9.17) is 0 Å². The predicted molar refractivity (Wildman–Crippen MR) is 108 cm³/mol. The zero-order chi connectivity index (χ0) is 20.9. The van der Waals surface area contributed by atoms with Crippen LogP contribution in [0.1, 0.15) is 26.7 Å². The van der Waals surface area contributed by atoms with E-state index in [0.29, 0.717) is 24.3 Å². The average Bonchev–Trinajstić information content (AvgIpc) is 3.49. The summed E-state index contributed by atoms with van der Waals surface area (Å²) in [6.07, 6.45) is 4.13. The number of sulfonamides is 1. The van der Waals surface area contributed by atoms with E-state index in [9.17, 15) is 23.1 Å². The van der Waals surface area contributed by atoms with Gasteiger partial charge in [0.2, 0.25) is 10.0 Å². The van der Waals surface area contributed by atoms with Crippen LogP contribution in [0.5, 0.6) is 0 Å². The number of hydrogen-bond donors (Lipinski definition) is 3. The number of ketones is 1. The number of allylic oxidation sites excluding steroid dienone is 3. The summed E-state index contributed by atoms with van der Waals surface area (Å²) in [5.74, 6) is -1.89. The van der Waals surface area contributed by atoms with E-state index < -0.39 is 38.5 Å². The van der Waals surface area contributed by atoms with Crippen molar-refractivity contribution in [2.24, 2.45) is 0 Å². The van der Waals surface area contributed by atoms with Crippen LogP contribution in [0.4, 0.5) is 9.18 Å². The highest BCUT2D eigenvalue weighted by Gasteiger charge is 2.53. The maximum Gasteiger partial charge on any atom is 0.414 e. The lowest BCUT2D eigenvalue weighted by Gasteiger charge is -2.41. The zero-order valence-corrected chi connectivity index (χ0v) is 18.1. The Labute approximate surface area is 175 Å². The minimum atomic E-state index is -3.82. The SMILES string of the molecule is CC1=C(I)C(NS(=O)(=O)C2CC2)=C(F)C(C)(N(C(=O)O)C2=CC=CCN2)C1=O. The van der Waals surface area contributed by atoms with E-state index in [0.717, 1.165) is 6.92 Å². The summed E-state index contributed by atoms with van der Waals surface area (Å²) >= 11 is 1.70. The summed E-state index contributed by atoms with van der Waals surface area (Å²) < 4.78 is 42.8. The van der Waals surface area contributed by atoms with Crippen molar-refractivity contribution in [2.45, 2.75) is 37.5 Å². The lowest BCUT2D eigenvalue weighted by Crippen LogP contribution is -2.59. The van der Waals surface area contributed by atoms with Crippen LogP contribution in [0.3, 0.4) is 0 Å². The molecule has 0 aromatic carbocycles. The quantitative estimate of drug-likeness (QED) is 0.477. The average molecular weight is 523 g/mol. The number of amides is 1. The van der Waals surface area contributed by atoms with Crippen LogP contribution in [-0.4, -0.2) is 47.6 Å². The van der Waals surface area contributed by atoms with Crippen LogP contribution in [0, 0.1) is 0 Å². The number of rotatable bonds is 5. The first-order valence-corrected chi connectivity index (χ1v) is 11.1. The van der Waals surface area contributed by atoms with Crippen molar-refractivity contribution in [3.05, 3.63) is 44.7 Å². The summed E-state index contributed by atoms with van der Waals surface area (Å²) in [6.45, 7) is 2.86. The first-order chi connectivity index (χ1) is 13.0. The molecular weight excluding hydrogens is 504 g/mol.